The molecule has 1 atom stereocenters. The van der Waals surface area contributed by atoms with Crippen molar-refractivity contribution >= 4 is 25.2 Å². The molecule has 68 valence electrons. The summed E-state index contributed by atoms with van der Waals surface area (Å²) in [6, 6.07) is 10.4. The molecule has 0 aromatic heterocycles. The van der Waals surface area contributed by atoms with Crippen LogP contribution in [0.5, 0.6) is 0 Å². The quantitative estimate of drug-likeness (QED) is 0.716. The van der Waals surface area contributed by atoms with Crippen LogP contribution >= 0.6 is 0 Å². The minimum absolute atomic E-state index is 0.370. The second-order valence-electron chi connectivity index (χ2n) is 3.28. The van der Waals surface area contributed by atoms with Crippen molar-refractivity contribution in [3.05, 3.63) is 30.3 Å². The first-order valence-corrected chi connectivity index (χ1v) is 6.45. The second kappa shape index (κ2) is 4.08. The summed E-state index contributed by atoms with van der Waals surface area (Å²) in [7, 11) is 0. The molecule has 1 aromatic carbocycles. The van der Waals surface area contributed by atoms with Gasteiger partial charge in [0.2, 0.25) is 0 Å². The van der Waals surface area contributed by atoms with Gasteiger partial charge in [0.25, 0.3) is 0 Å². The molecule has 0 spiro atoms. The third-order valence-electron chi connectivity index (χ3n) is 2.27. The summed E-state index contributed by atoms with van der Waals surface area (Å²) < 4.78 is 1.36. The number of benzene rings is 1. The normalized spacial score (nSPS) is 22.2. The summed E-state index contributed by atoms with van der Waals surface area (Å²) in [5.41, 5.74) is 0. The van der Waals surface area contributed by atoms with Crippen molar-refractivity contribution in [3.8, 4) is 0 Å². The predicted octanol–water partition coefficient (Wildman–Crippen LogP) is 1.56. The molecule has 1 aliphatic carbocycles. The van der Waals surface area contributed by atoms with Crippen molar-refractivity contribution < 1.29 is 4.79 Å². The van der Waals surface area contributed by atoms with Crippen LogP contribution in [0.15, 0.2) is 30.3 Å². The number of carbonyl (C=O) groups excluding carboxylic acids is 1. The molecule has 1 aromatic rings. The summed E-state index contributed by atoms with van der Waals surface area (Å²) in [6.45, 7) is 0. The molecule has 0 radical (unpaired) electrons. The fraction of sp³-hybridized carbons (Fsp3) is 0.364. The molecule has 1 saturated carbocycles. The van der Waals surface area contributed by atoms with Gasteiger partial charge in [0.15, 0.2) is 0 Å². The fourth-order valence-electron chi connectivity index (χ4n) is 1.57. The van der Waals surface area contributed by atoms with Crippen molar-refractivity contribution in [2.75, 3.05) is 0 Å². The zero-order chi connectivity index (χ0) is 9.10. The molecular weight excluding hydrogens is 227 g/mol. The van der Waals surface area contributed by atoms with Gasteiger partial charge in [0.05, 0.1) is 0 Å². The van der Waals surface area contributed by atoms with E-state index in [0.717, 1.165) is 19.3 Å². The van der Waals surface area contributed by atoms with Gasteiger partial charge < -0.3 is 0 Å². The minimum atomic E-state index is 0.370. The van der Waals surface area contributed by atoms with Gasteiger partial charge in [-0.3, -0.25) is 0 Å². The van der Waals surface area contributed by atoms with E-state index >= 15 is 0 Å². The summed E-state index contributed by atoms with van der Waals surface area (Å²) in [5, 5.41) is 0. The molecule has 2 heteroatoms. The Hall–Kier alpha value is -0.591. The van der Waals surface area contributed by atoms with E-state index in [9.17, 15) is 4.79 Å². The number of Topliss-reactive ketones (excluding diaryl/α,β-unsaturated/α-hetero) is 1. The first-order valence-electron chi connectivity index (χ1n) is 4.61. The molecule has 13 heavy (non-hydrogen) atoms. The first-order chi connectivity index (χ1) is 6.36. The first kappa shape index (κ1) is 8.98. The number of hydrogen-bond acceptors (Lipinski definition) is 1. The van der Waals surface area contributed by atoms with Gasteiger partial charge in [-0.1, -0.05) is 0 Å². The Balaban J connectivity index is 2.02. The van der Waals surface area contributed by atoms with E-state index < -0.39 is 0 Å². The van der Waals surface area contributed by atoms with E-state index in [4.69, 9.17) is 0 Å². The van der Waals surface area contributed by atoms with Crippen LogP contribution in [0.25, 0.3) is 0 Å². The zero-order valence-corrected chi connectivity index (χ0v) is 9.11. The van der Waals surface area contributed by atoms with Gasteiger partial charge in [0, 0.05) is 0 Å². The van der Waals surface area contributed by atoms with Gasteiger partial charge in [-0.05, 0) is 0 Å². The molecule has 1 nitrogen and oxygen atoms in total. The number of ketones is 1. The third-order valence-corrected chi connectivity index (χ3v) is 5.06. The van der Waals surface area contributed by atoms with E-state index in [1.54, 1.807) is 0 Å². The Labute approximate surface area is 84.7 Å². The van der Waals surface area contributed by atoms with Crippen molar-refractivity contribution in [2.45, 2.75) is 24.1 Å². The Morgan fingerprint density at radius 3 is 2.62 bits per heavy atom. The van der Waals surface area contributed by atoms with Crippen LogP contribution in [0.1, 0.15) is 19.3 Å². The van der Waals surface area contributed by atoms with Gasteiger partial charge in [0.1, 0.15) is 0 Å². The molecule has 0 N–H and O–H groups in total. The summed E-state index contributed by atoms with van der Waals surface area (Å²) in [4.78, 5) is 11.8. The molecule has 0 heterocycles. The summed E-state index contributed by atoms with van der Waals surface area (Å²) in [6.07, 6.45) is 3.05. The Bertz CT molecular complexity index is 294. The summed E-state index contributed by atoms with van der Waals surface area (Å²) in [5.74, 6) is 0.490. The monoisotopic (exact) mass is 240 g/mol. The van der Waals surface area contributed by atoms with Gasteiger partial charge in [-0.15, -0.1) is 0 Å². The van der Waals surface area contributed by atoms with Gasteiger partial charge in [-0.25, -0.2) is 0 Å². The van der Waals surface area contributed by atoms with Gasteiger partial charge >= 0.3 is 84.4 Å². The number of carbonyl (C=O) groups is 1. The molecule has 2 rings (SSSR count). The van der Waals surface area contributed by atoms with Crippen LogP contribution in [-0.2, 0) is 4.79 Å². The third kappa shape index (κ3) is 2.20. The van der Waals surface area contributed by atoms with Crippen molar-refractivity contribution in [1.82, 2.24) is 0 Å². The number of hydrogen-bond donors (Lipinski definition) is 0. The van der Waals surface area contributed by atoms with Crippen LogP contribution < -0.4 is 4.46 Å². The maximum absolute atomic E-state index is 11.4. The molecule has 1 fully saturated rings. The topological polar surface area (TPSA) is 17.1 Å². The fourth-order valence-corrected chi connectivity index (χ4v) is 4.04. The maximum atomic E-state index is 11.4. The Kier molecular flexibility index (Phi) is 2.82. The standard InChI is InChI=1S/C11H12OSe/c12-10-7-4-8-11(10)13-9-5-2-1-3-6-9/h1-3,5-6,11H,4,7-8H2. The number of rotatable bonds is 2. The van der Waals surface area contributed by atoms with E-state index in [1.165, 1.54) is 4.46 Å². The average molecular weight is 239 g/mol. The van der Waals surface area contributed by atoms with E-state index in [2.05, 4.69) is 24.3 Å². The average Bonchev–Trinajstić information content (AvgIpc) is 2.54. The van der Waals surface area contributed by atoms with Crippen LogP contribution in [-0.4, -0.2) is 20.7 Å². The molecule has 1 unspecified atom stereocenters. The van der Waals surface area contributed by atoms with Gasteiger partial charge in [-0.2, -0.15) is 0 Å². The van der Waals surface area contributed by atoms with Crippen LogP contribution in [0.3, 0.4) is 0 Å². The molecule has 0 amide bonds. The summed E-state index contributed by atoms with van der Waals surface area (Å²) >= 11 is 0.370. The van der Waals surface area contributed by atoms with Crippen LogP contribution in [0.4, 0.5) is 0 Å². The predicted molar refractivity (Wildman–Crippen MR) is 54.4 cm³/mol. The van der Waals surface area contributed by atoms with Crippen molar-refractivity contribution in [2.24, 2.45) is 0 Å². The molecule has 0 saturated heterocycles. The van der Waals surface area contributed by atoms with Crippen LogP contribution in [0, 0.1) is 0 Å². The molecule has 0 bridgehead atoms. The van der Waals surface area contributed by atoms with Crippen molar-refractivity contribution in [3.63, 3.8) is 0 Å². The van der Waals surface area contributed by atoms with E-state index in [1.807, 2.05) is 6.07 Å². The second-order valence-corrected chi connectivity index (χ2v) is 5.96. The van der Waals surface area contributed by atoms with Crippen LogP contribution in [0.2, 0.25) is 4.82 Å². The molecular formula is C11H12OSe. The van der Waals surface area contributed by atoms with E-state index in [-0.39, 0.29) is 0 Å². The van der Waals surface area contributed by atoms with E-state index in [0.29, 0.717) is 25.6 Å². The Morgan fingerprint density at radius 2 is 2.00 bits per heavy atom. The zero-order valence-electron chi connectivity index (χ0n) is 7.40. The van der Waals surface area contributed by atoms with Crippen molar-refractivity contribution in [1.29, 1.82) is 0 Å². The molecule has 0 aliphatic heterocycles. The SMILES string of the molecule is O=C1CCCC1[Se]c1ccccc1. The Morgan fingerprint density at radius 1 is 1.23 bits per heavy atom. The molecule has 1 aliphatic rings.